The smallest absolute Gasteiger partial charge is 0.246 e. The third kappa shape index (κ3) is 3.91. The Hall–Kier alpha value is -3.61. The minimum atomic E-state index is -0.111. The minimum absolute atomic E-state index is 0.0176. The van der Waals surface area contributed by atoms with E-state index >= 15 is 0 Å². The van der Waals surface area contributed by atoms with E-state index in [0.29, 0.717) is 18.9 Å². The summed E-state index contributed by atoms with van der Waals surface area (Å²) in [5, 5.41) is 4.08. The Morgan fingerprint density at radius 3 is 3.00 bits per heavy atom. The summed E-state index contributed by atoms with van der Waals surface area (Å²) in [6.07, 6.45) is 4.98. The number of hydrogen-bond acceptors (Lipinski definition) is 5. The number of hydrogen-bond donors (Lipinski definition) is 1. The maximum Gasteiger partial charge on any atom is 0.246 e. The van der Waals surface area contributed by atoms with Crippen LogP contribution in [0.25, 0.3) is 17.0 Å². The van der Waals surface area contributed by atoms with Crippen molar-refractivity contribution in [1.82, 2.24) is 14.8 Å². The number of nitrogens with one attached hydrogen (secondary N) is 1. The van der Waals surface area contributed by atoms with Crippen LogP contribution in [0.2, 0.25) is 0 Å². The lowest BCUT2D eigenvalue weighted by Gasteiger charge is -2.15. The summed E-state index contributed by atoms with van der Waals surface area (Å²) in [5.41, 5.74) is 3.58. The molecule has 2 amide bonds. The zero-order chi connectivity index (χ0) is 21.3. The van der Waals surface area contributed by atoms with Gasteiger partial charge in [0.2, 0.25) is 11.8 Å². The van der Waals surface area contributed by atoms with Gasteiger partial charge in [0.1, 0.15) is 17.2 Å². The van der Waals surface area contributed by atoms with Crippen molar-refractivity contribution in [3.63, 3.8) is 0 Å². The van der Waals surface area contributed by atoms with E-state index in [4.69, 9.17) is 4.42 Å². The third-order valence-electron chi connectivity index (χ3n) is 5.32. The lowest BCUT2D eigenvalue weighted by molar-refractivity contribution is -0.128. The van der Waals surface area contributed by atoms with E-state index in [1.54, 1.807) is 42.2 Å². The summed E-state index contributed by atoms with van der Waals surface area (Å²) in [6.45, 7) is 3.10. The Bertz CT molecular complexity index is 1150. The fourth-order valence-corrected chi connectivity index (χ4v) is 3.57. The van der Waals surface area contributed by atoms with E-state index in [2.05, 4.69) is 10.3 Å². The van der Waals surface area contributed by atoms with E-state index < -0.39 is 0 Å². The van der Waals surface area contributed by atoms with E-state index in [9.17, 15) is 9.59 Å². The van der Waals surface area contributed by atoms with E-state index in [0.717, 1.165) is 33.4 Å². The van der Waals surface area contributed by atoms with E-state index in [1.165, 1.54) is 0 Å². The van der Waals surface area contributed by atoms with Crippen LogP contribution in [-0.4, -0.2) is 47.2 Å². The average molecular weight is 404 g/mol. The molecule has 7 heteroatoms. The van der Waals surface area contributed by atoms with Gasteiger partial charge in [0, 0.05) is 56.0 Å². The first kappa shape index (κ1) is 19.7. The molecule has 0 saturated heterocycles. The zero-order valence-corrected chi connectivity index (χ0v) is 17.3. The Morgan fingerprint density at radius 1 is 1.37 bits per heavy atom. The Kier molecular flexibility index (Phi) is 5.27. The number of pyridine rings is 1. The van der Waals surface area contributed by atoms with Crippen LogP contribution in [0, 0.1) is 6.92 Å². The second kappa shape index (κ2) is 8.02. The number of rotatable bonds is 4. The quantitative estimate of drug-likeness (QED) is 0.676. The van der Waals surface area contributed by atoms with Gasteiger partial charge in [-0.3, -0.25) is 9.59 Å². The molecular formula is C23H24N4O3. The molecule has 7 nitrogen and oxygen atoms in total. The second-order valence-corrected chi connectivity index (χ2v) is 7.54. The summed E-state index contributed by atoms with van der Waals surface area (Å²) in [7, 11) is 3.54. The number of amides is 2. The van der Waals surface area contributed by atoms with Crippen molar-refractivity contribution in [1.29, 1.82) is 0 Å². The average Bonchev–Trinajstić information content (AvgIpc) is 2.97. The fraction of sp³-hybridized carbons (Fsp3) is 0.261. The second-order valence-electron chi connectivity index (χ2n) is 7.54. The number of nitrogens with zero attached hydrogens (tertiary/aromatic N) is 3. The van der Waals surface area contributed by atoms with Crippen molar-refractivity contribution in [2.45, 2.75) is 20.0 Å². The van der Waals surface area contributed by atoms with Gasteiger partial charge < -0.3 is 19.5 Å². The number of aromatic nitrogens is 1. The number of anilines is 1. The minimum Gasteiger partial charge on any atom is -0.461 e. The molecule has 0 unspecified atom stereocenters. The van der Waals surface area contributed by atoms with Crippen LogP contribution >= 0.6 is 0 Å². The Morgan fingerprint density at radius 2 is 2.17 bits per heavy atom. The van der Waals surface area contributed by atoms with E-state index in [1.807, 2.05) is 37.3 Å². The van der Waals surface area contributed by atoms with Gasteiger partial charge in [0.05, 0.1) is 6.54 Å². The molecule has 0 atom stereocenters. The zero-order valence-electron chi connectivity index (χ0n) is 17.3. The van der Waals surface area contributed by atoms with Crippen LogP contribution in [0.5, 0.6) is 0 Å². The van der Waals surface area contributed by atoms with Gasteiger partial charge in [0.25, 0.3) is 0 Å². The SMILES string of the molecule is Cc1oc2ccccc2c1CN(C)C(=O)/C=C/c1cnc2c(c1)CN(C)C(=O)CN2. The number of benzene rings is 1. The van der Waals surface area contributed by atoms with Gasteiger partial charge in [-0.15, -0.1) is 0 Å². The summed E-state index contributed by atoms with van der Waals surface area (Å²) >= 11 is 0. The monoisotopic (exact) mass is 404 g/mol. The number of carbonyl (C=O) groups is 2. The molecule has 0 fully saturated rings. The first-order valence-corrected chi connectivity index (χ1v) is 9.79. The van der Waals surface area contributed by atoms with Crippen molar-refractivity contribution in [2.24, 2.45) is 0 Å². The predicted octanol–water partition coefficient (Wildman–Crippen LogP) is 3.19. The summed E-state index contributed by atoms with van der Waals surface area (Å²) < 4.78 is 5.79. The maximum absolute atomic E-state index is 12.7. The molecule has 4 rings (SSSR count). The molecule has 1 aliphatic heterocycles. The molecular weight excluding hydrogens is 380 g/mol. The largest absolute Gasteiger partial charge is 0.461 e. The molecule has 0 bridgehead atoms. The van der Waals surface area contributed by atoms with Crippen LogP contribution < -0.4 is 5.32 Å². The van der Waals surface area contributed by atoms with Crippen LogP contribution in [-0.2, 0) is 22.7 Å². The lowest BCUT2D eigenvalue weighted by atomic mass is 10.1. The Balaban J connectivity index is 1.48. The number of aryl methyl sites for hydroxylation is 1. The standard InChI is InChI=1S/C23H24N4O3/c1-15-19(18-6-4-5-7-20(18)30-15)14-27(3)21(28)9-8-16-10-17-13-26(2)22(29)12-25-23(17)24-11-16/h4-11H,12-14H2,1-3H3,(H,24,25)/b9-8+. The maximum atomic E-state index is 12.7. The highest BCUT2D eigenvalue weighted by Crippen LogP contribution is 2.26. The molecule has 3 heterocycles. The number of carbonyl (C=O) groups excluding carboxylic acids is 2. The van der Waals surface area contributed by atoms with Crippen LogP contribution in [0.3, 0.4) is 0 Å². The molecule has 3 aromatic rings. The topological polar surface area (TPSA) is 78.7 Å². The van der Waals surface area contributed by atoms with Gasteiger partial charge in [-0.25, -0.2) is 4.98 Å². The van der Waals surface area contributed by atoms with Crippen LogP contribution in [0.1, 0.15) is 22.5 Å². The van der Waals surface area contributed by atoms with Gasteiger partial charge >= 0.3 is 0 Å². The molecule has 0 radical (unpaired) electrons. The highest BCUT2D eigenvalue weighted by atomic mass is 16.3. The number of furan rings is 1. The molecule has 1 aliphatic rings. The normalized spacial score (nSPS) is 14.0. The van der Waals surface area contributed by atoms with Gasteiger partial charge in [-0.05, 0) is 30.7 Å². The van der Waals surface area contributed by atoms with Crippen molar-refractivity contribution in [3.05, 3.63) is 65.1 Å². The van der Waals surface area contributed by atoms with Crippen LogP contribution in [0.4, 0.5) is 5.82 Å². The fourth-order valence-electron chi connectivity index (χ4n) is 3.57. The van der Waals surface area contributed by atoms with Crippen molar-refractivity contribution >= 4 is 34.7 Å². The van der Waals surface area contributed by atoms with Crippen molar-refractivity contribution in [3.8, 4) is 0 Å². The number of para-hydroxylation sites is 1. The van der Waals surface area contributed by atoms with Gasteiger partial charge in [-0.2, -0.15) is 0 Å². The number of fused-ring (bicyclic) bond motifs is 2. The molecule has 0 saturated carbocycles. The Labute approximate surface area is 175 Å². The lowest BCUT2D eigenvalue weighted by Crippen LogP contribution is -2.28. The molecule has 1 aromatic carbocycles. The van der Waals surface area contributed by atoms with Gasteiger partial charge in [-0.1, -0.05) is 18.2 Å². The summed E-state index contributed by atoms with van der Waals surface area (Å²) in [4.78, 5) is 32.2. The van der Waals surface area contributed by atoms with Crippen molar-refractivity contribution in [2.75, 3.05) is 26.0 Å². The number of likely N-dealkylation sites (N-methyl/N-ethyl adjacent to an activating group) is 2. The van der Waals surface area contributed by atoms with Gasteiger partial charge in [0.15, 0.2) is 0 Å². The van der Waals surface area contributed by atoms with E-state index in [-0.39, 0.29) is 18.4 Å². The summed E-state index contributed by atoms with van der Waals surface area (Å²) in [5.74, 6) is 1.43. The third-order valence-corrected chi connectivity index (χ3v) is 5.32. The molecule has 2 aromatic heterocycles. The molecule has 30 heavy (non-hydrogen) atoms. The highest BCUT2D eigenvalue weighted by molar-refractivity contribution is 5.92. The molecule has 1 N–H and O–H groups in total. The molecule has 154 valence electrons. The van der Waals surface area contributed by atoms with Crippen LogP contribution in [0.15, 0.2) is 47.0 Å². The predicted molar refractivity (Wildman–Crippen MR) is 116 cm³/mol. The molecule has 0 aliphatic carbocycles. The first-order valence-electron chi connectivity index (χ1n) is 9.79. The first-order chi connectivity index (χ1) is 14.4. The summed E-state index contributed by atoms with van der Waals surface area (Å²) in [6, 6.07) is 9.78. The molecule has 0 spiro atoms. The van der Waals surface area contributed by atoms with Crippen molar-refractivity contribution < 1.29 is 14.0 Å². The highest BCUT2D eigenvalue weighted by Gasteiger charge is 2.18.